The van der Waals surface area contributed by atoms with Crippen LogP contribution < -0.4 is 4.74 Å². The quantitative estimate of drug-likeness (QED) is 0.325. The van der Waals surface area contributed by atoms with Gasteiger partial charge in [0.15, 0.2) is 6.10 Å². The van der Waals surface area contributed by atoms with Crippen molar-refractivity contribution in [2.75, 3.05) is 13.2 Å². The number of esters is 3. The Bertz CT molecular complexity index is 1240. The summed E-state index contributed by atoms with van der Waals surface area (Å²) in [6, 6.07) is 9.94. The maximum Gasteiger partial charge on any atom is 0.303 e. The predicted molar refractivity (Wildman–Crippen MR) is 145 cm³/mol. The zero-order chi connectivity index (χ0) is 28.1. The van der Waals surface area contributed by atoms with Gasteiger partial charge in [-0.3, -0.25) is 14.4 Å². The van der Waals surface area contributed by atoms with E-state index in [2.05, 4.69) is 6.58 Å². The van der Waals surface area contributed by atoms with Gasteiger partial charge in [0.05, 0.1) is 17.7 Å². The lowest BCUT2D eigenvalue weighted by atomic mass is 9.86. The summed E-state index contributed by atoms with van der Waals surface area (Å²) >= 11 is 6.88. The van der Waals surface area contributed by atoms with Crippen LogP contribution >= 0.6 is 11.6 Å². The Morgan fingerprint density at radius 1 is 1.08 bits per heavy atom. The van der Waals surface area contributed by atoms with Crippen LogP contribution in [0.4, 0.5) is 0 Å². The fourth-order valence-electron chi connectivity index (χ4n) is 5.11. The third kappa shape index (κ3) is 6.99. The lowest BCUT2D eigenvalue weighted by Gasteiger charge is -2.41. The van der Waals surface area contributed by atoms with E-state index >= 15 is 0 Å². The molecule has 1 saturated heterocycles. The molecule has 0 aliphatic carbocycles. The Hall–Kier alpha value is -3.36. The molecule has 0 unspecified atom stereocenters. The fraction of sp³-hybridized carbons (Fsp3) is 0.433. The number of halogens is 1. The molecule has 208 valence electrons. The van der Waals surface area contributed by atoms with Gasteiger partial charge in [0.2, 0.25) is 0 Å². The van der Waals surface area contributed by atoms with Crippen LogP contribution in [0.25, 0.3) is 6.08 Å². The van der Waals surface area contributed by atoms with Gasteiger partial charge in [-0.15, -0.1) is 0 Å². The molecule has 4 atom stereocenters. The molecule has 0 N–H and O–H groups in total. The van der Waals surface area contributed by atoms with E-state index < -0.39 is 42.3 Å². The minimum absolute atomic E-state index is 0.0365. The SMILES string of the molecule is C=Cc1ccc(Cc2cc([C@@H]3O[C@H](COC(C)=O)C[C@H](OC(C)=O)[C@H]3OC(C)=O)c3c(c2Cl)OCCC3)cc1. The first-order chi connectivity index (χ1) is 18.7. The lowest BCUT2D eigenvalue weighted by Crippen LogP contribution is -2.49. The molecule has 4 rings (SSSR count). The van der Waals surface area contributed by atoms with Crippen molar-refractivity contribution in [2.45, 2.75) is 70.9 Å². The molecule has 0 aromatic heterocycles. The summed E-state index contributed by atoms with van der Waals surface area (Å²) in [5.74, 6) is -0.933. The molecule has 8 nitrogen and oxygen atoms in total. The maximum atomic E-state index is 12.2. The molecule has 0 radical (unpaired) electrons. The van der Waals surface area contributed by atoms with E-state index in [1.165, 1.54) is 20.8 Å². The van der Waals surface area contributed by atoms with Crippen LogP contribution in [0.15, 0.2) is 36.9 Å². The number of hydrogen-bond donors (Lipinski definition) is 0. The second kappa shape index (κ2) is 12.7. The van der Waals surface area contributed by atoms with Crippen LogP contribution in [-0.2, 0) is 46.2 Å². The van der Waals surface area contributed by atoms with Crippen LogP contribution in [0.5, 0.6) is 5.75 Å². The first-order valence-electron chi connectivity index (χ1n) is 13.0. The minimum Gasteiger partial charge on any atom is -0.492 e. The average molecular weight is 557 g/mol. The number of rotatable bonds is 8. The van der Waals surface area contributed by atoms with Gasteiger partial charge >= 0.3 is 17.9 Å². The topological polar surface area (TPSA) is 97.4 Å². The van der Waals surface area contributed by atoms with Crippen LogP contribution in [0.3, 0.4) is 0 Å². The fourth-order valence-corrected chi connectivity index (χ4v) is 5.40. The molecule has 0 spiro atoms. The predicted octanol–water partition coefficient (Wildman–Crippen LogP) is 5.16. The zero-order valence-electron chi connectivity index (χ0n) is 22.4. The summed E-state index contributed by atoms with van der Waals surface area (Å²) in [6.45, 7) is 8.19. The van der Waals surface area contributed by atoms with Gasteiger partial charge in [0, 0.05) is 32.8 Å². The minimum atomic E-state index is -0.924. The maximum absolute atomic E-state index is 12.2. The first kappa shape index (κ1) is 28.6. The second-order valence-electron chi connectivity index (χ2n) is 9.76. The zero-order valence-corrected chi connectivity index (χ0v) is 23.1. The molecule has 2 aromatic carbocycles. The standard InChI is InChI=1S/C30H33ClO8/c1-5-20-8-10-21(11-9-20)13-22-14-25(24-7-6-12-35-28(24)27(22)31)29-30(38-19(4)34)26(37-18(3)33)15-23(39-29)16-36-17(2)32/h5,8-11,14,23,26,29-30H,1,6-7,12-13,15-16H2,2-4H3/t23-,26-,29-,30+/m0/s1. The molecular formula is C30H33ClO8. The van der Waals surface area contributed by atoms with E-state index in [9.17, 15) is 14.4 Å². The van der Waals surface area contributed by atoms with Crippen molar-refractivity contribution >= 4 is 35.6 Å². The number of fused-ring (bicyclic) bond motifs is 1. The Kier molecular flexibility index (Phi) is 9.30. The third-order valence-corrected chi connectivity index (χ3v) is 7.17. The first-order valence-corrected chi connectivity index (χ1v) is 13.4. The van der Waals surface area contributed by atoms with Gasteiger partial charge < -0.3 is 23.7 Å². The molecule has 2 aliphatic rings. The number of benzene rings is 2. The lowest BCUT2D eigenvalue weighted by molar-refractivity contribution is -0.214. The Labute approximate surface area is 233 Å². The van der Waals surface area contributed by atoms with E-state index in [1.54, 1.807) is 6.08 Å². The summed E-state index contributed by atoms with van der Waals surface area (Å²) in [5.41, 5.74) is 4.46. The Morgan fingerprint density at radius 2 is 1.79 bits per heavy atom. The molecule has 0 saturated carbocycles. The van der Waals surface area contributed by atoms with Gasteiger partial charge in [-0.05, 0) is 41.5 Å². The van der Waals surface area contributed by atoms with Gasteiger partial charge in [-0.1, -0.05) is 54.6 Å². The van der Waals surface area contributed by atoms with Crippen LogP contribution in [0, 0.1) is 0 Å². The normalized spacial score (nSPS) is 22.2. The molecule has 0 bridgehead atoms. The highest BCUT2D eigenvalue weighted by Gasteiger charge is 2.45. The Morgan fingerprint density at radius 3 is 2.44 bits per heavy atom. The molecule has 1 fully saturated rings. The second-order valence-corrected chi connectivity index (χ2v) is 10.1. The number of hydrogen-bond acceptors (Lipinski definition) is 8. The van der Waals surface area contributed by atoms with E-state index in [1.807, 2.05) is 30.3 Å². The van der Waals surface area contributed by atoms with E-state index in [-0.39, 0.29) is 13.0 Å². The Balaban J connectivity index is 1.80. The van der Waals surface area contributed by atoms with Crippen LogP contribution in [-0.4, -0.2) is 49.4 Å². The van der Waals surface area contributed by atoms with Crippen molar-refractivity contribution < 1.29 is 38.1 Å². The highest BCUT2D eigenvalue weighted by Crippen LogP contribution is 2.45. The highest BCUT2D eigenvalue weighted by molar-refractivity contribution is 6.33. The molecule has 0 amide bonds. The van der Waals surface area contributed by atoms with Crippen LogP contribution in [0.2, 0.25) is 5.02 Å². The average Bonchev–Trinajstić information content (AvgIpc) is 2.90. The van der Waals surface area contributed by atoms with Crippen molar-refractivity contribution in [3.63, 3.8) is 0 Å². The monoisotopic (exact) mass is 556 g/mol. The van der Waals surface area contributed by atoms with Crippen molar-refractivity contribution in [3.8, 4) is 5.75 Å². The molecule has 9 heteroatoms. The van der Waals surface area contributed by atoms with Gasteiger partial charge in [-0.25, -0.2) is 0 Å². The summed E-state index contributed by atoms with van der Waals surface area (Å²) in [4.78, 5) is 35.7. The molecule has 2 aromatic rings. The highest BCUT2D eigenvalue weighted by atomic mass is 35.5. The van der Waals surface area contributed by atoms with Gasteiger partial charge in [-0.2, -0.15) is 0 Å². The van der Waals surface area contributed by atoms with E-state index in [0.29, 0.717) is 30.2 Å². The molecule has 39 heavy (non-hydrogen) atoms. The van der Waals surface area contributed by atoms with E-state index in [0.717, 1.165) is 34.2 Å². The molecular weight excluding hydrogens is 524 g/mol. The van der Waals surface area contributed by atoms with Crippen LogP contribution in [0.1, 0.15) is 67.5 Å². The molecule has 2 aliphatic heterocycles. The van der Waals surface area contributed by atoms with E-state index in [4.69, 9.17) is 35.3 Å². The largest absolute Gasteiger partial charge is 0.492 e. The number of carbonyl (C=O) groups is 3. The van der Waals surface area contributed by atoms with Crippen molar-refractivity contribution in [3.05, 3.63) is 69.8 Å². The third-order valence-electron chi connectivity index (χ3n) is 6.76. The number of carbonyl (C=O) groups excluding carboxylic acids is 3. The summed E-state index contributed by atoms with van der Waals surface area (Å²) in [7, 11) is 0. The summed E-state index contributed by atoms with van der Waals surface area (Å²) in [5, 5.41) is 0.522. The summed E-state index contributed by atoms with van der Waals surface area (Å²) in [6.07, 6.45) is 0.798. The number of ether oxygens (including phenoxy) is 5. The van der Waals surface area contributed by atoms with Crippen molar-refractivity contribution in [1.29, 1.82) is 0 Å². The molecule has 2 heterocycles. The van der Waals surface area contributed by atoms with Crippen molar-refractivity contribution in [2.24, 2.45) is 0 Å². The van der Waals surface area contributed by atoms with Gasteiger partial charge in [0.1, 0.15) is 24.6 Å². The summed E-state index contributed by atoms with van der Waals surface area (Å²) < 4.78 is 29.0. The van der Waals surface area contributed by atoms with Crippen molar-refractivity contribution in [1.82, 2.24) is 0 Å². The van der Waals surface area contributed by atoms with Gasteiger partial charge in [0.25, 0.3) is 0 Å². The smallest absolute Gasteiger partial charge is 0.303 e.